The van der Waals surface area contributed by atoms with E-state index in [1.54, 1.807) is 0 Å². The first kappa shape index (κ1) is 14.9. The maximum absolute atomic E-state index is 11.1. The second-order valence-corrected chi connectivity index (χ2v) is 7.97. The first-order valence-corrected chi connectivity index (χ1v) is 8.13. The van der Waals surface area contributed by atoms with Crippen LogP contribution in [0.3, 0.4) is 0 Å². The molecule has 1 aliphatic rings. The fourth-order valence-electron chi connectivity index (χ4n) is 2.47. The van der Waals surface area contributed by atoms with Crippen LogP contribution in [0.5, 0.6) is 0 Å². The van der Waals surface area contributed by atoms with Gasteiger partial charge in [-0.25, -0.2) is 13.1 Å². The van der Waals surface area contributed by atoms with Crippen molar-refractivity contribution < 1.29 is 13.5 Å². The molecule has 0 bridgehead atoms. The van der Waals surface area contributed by atoms with Gasteiger partial charge in [0.15, 0.2) is 0 Å². The first-order chi connectivity index (χ1) is 7.62. The molecule has 0 aromatic rings. The molecule has 0 aliphatic heterocycles. The van der Waals surface area contributed by atoms with E-state index in [1.807, 2.05) is 0 Å². The minimum Gasteiger partial charge on any atom is -0.393 e. The molecule has 102 valence electrons. The third kappa shape index (κ3) is 4.56. The Bertz CT molecular complexity index is 351. The van der Waals surface area contributed by atoms with Crippen LogP contribution in [0, 0.1) is 17.3 Å². The maximum Gasteiger partial charge on any atom is 0.208 e. The van der Waals surface area contributed by atoms with Crippen molar-refractivity contribution in [2.75, 3.05) is 12.8 Å². The van der Waals surface area contributed by atoms with Crippen molar-refractivity contribution >= 4 is 10.0 Å². The highest BCUT2D eigenvalue weighted by Gasteiger charge is 2.36. The summed E-state index contributed by atoms with van der Waals surface area (Å²) in [6.45, 7) is 6.65. The molecular weight excluding hydrogens is 238 g/mol. The lowest BCUT2D eigenvalue weighted by molar-refractivity contribution is 0.0166. The molecule has 0 heterocycles. The van der Waals surface area contributed by atoms with Crippen LogP contribution in [0.4, 0.5) is 0 Å². The fourth-order valence-corrected chi connectivity index (χ4v) is 3.10. The van der Waals surface area contributed by atoms with Gasteiger partial charge in [0.1, 0.15) is 0 Å². The van der Waals surface area contributed by atoms with E-state index >= 15 is 0 Å². The number of aliphatic hydroxyl groups is 1. The van der Waals surface area contributed by atoms with Gasteiger partial charge in [-0.15, -0.1) is 0 Å². The van der Waals surface area contributed by atoms with Crippen LogP contribution in [0.2, 0.25) is 0 Å². The molecule has 2 N–H and O–H groups in total. The molecule has 0 aromatic heterocycles. The lowest BCUT2D eigenvalue weighted by Gasteiger charge is -2.40. The molecule has 17 heavy (non-hydrogen) atoms. The Hall–Kier alpha value is -0.130. The van der Waals surface area contributed by atoms with Crippen molar-refractivity contribution in [1.29, 1.82) is 0 Å². The first-order valence-electron chi connectivity index (χ1n) is 6.24. The summed E-state index contributed by atoms with van der Waals surface area (Å²) in [5, 5.41) is 9.90. The van der Waals surface area contributed by atoms with Crippen molar-refractivity contribution in [2.45, 2.75) is 46.1 Å². The van der Waals surface area contributed by atoms with E-state index in [2.05, 4.69) is 25.5 Å². The predicted octanol–water partition coefficient (Wildman–Crippen LogP) is 1.36. The van der Waals surface area contributed by atoms with Gasteiger partial charge in [-0.2, -0.15) is 0 Å². The summed E-state index contributed by atoms with van der Waals surface area (Å²) in [7, 11) is -3.13. The monoisotopic (exact) mass is 263 g/mol. The molecule has 5 heteroatoms. The molecule has 3 unspecified atom stereocenters. The standard InChI is InChI=1S/C12H25NO3S/c1-9-5-6-10(7-11(9)14)12(2,3)8-13-17(4,15)16/h9-11,13-14H,5-8H2,1-4H3. The van der Waals surface area contributed by atoms with Crippen LogP contribution in [0.25, 0.3) is 0 Å². The molecule has 0 spiro atoms. The summed E-state index contributed by atoms with van der Waals surface area (Å²) in [5.74, 6) is 0.743. The van der Waals surface area contributed by atoms with Crippen molar-refractivity contribution in [3.05, 3.63) is 0 Å². The number of nitrogens with one attached hydrogen (secondary N) is 1. The predicted molar refractivity (Wildman–Crippen MR) is 69.1 cm³/mol. The molecule has 0 amide bonds. The normalized spacial score (nSPS) is 31.5. The van der Waals surface area contributed by atoms with Gasteiger partial charge in [0.05, 0.1) is 12.4 Å². The third-order valence-corrected chi connectivity index (χ3v) is 4.72. The molecule has 4 nitrogen and oxygen atoms in total. The van der Waals surface area contributed by atoms with Gasteiger partial charge in [-0.05, 0) is 36.5 Å². The molecule has 1 aliphatic carbocycles. The summed E-state index contributed by atoms with van der Waals surface area (Å²) in [4.78, 5) is 0. The van der Waals surface area contributed by atoms with Crippen molar-refractivity contribution in [3.8, 4) is 0 Å². The molecule has 3 atom stereocenters. The minimum absolute atomic E-state index is 0.107. The molecule has 1 rings (SSSR count). The molecular formula is C12H25NO3S. The van der Waals surface area contributed by atoms with Crippen molar-refractivity contribution in [3.63, 3.8) is 0 Å². The zero-order valence-corrected chi connectivity index (χ0v) is 12.0. The number of hydrogen-bond donors (Lipinski definition) is 2. The largest absolute Gasteiger partial charge is 0.393 e. The van der Waals surface area contributed by atoms with Crippen LogP contribution in [0.15, 0.2) is 0 Å². The van der Waals surface area contributed by atoms with Gasteiger partial charge >= 0.3 is 0 Å². The number of hydrogen-bond acceptors (Lipinski definition) is 3. The van der Waals surface area contributed by atoms with E-state index in [4.69, 9.17) is 0 Å². The Labute approximate surface area is 105 Å². The Morgan fingerprint density at radius 3 is 2.41 bits per heavy atom. The van der Waals surface area contributed by atoms with Crippen LogP contribution in [0.1, 0.15) is 40.0 Å². The fraction of sp³-hybridized carbons (Fsp3) is 1.00. The highest BCUT2D eigenvalue weighted by Crippen LogP contribution is 2.39. The number of aliphatic hydroxyl groups excluding tert-OH is 1. The third-order valence-electron chi connectivity index (χ3n) is 4.05. The topological polar surface area (TPSA) is 66.4 Å². The van der Waals surface area contributed by atoms with E-state index in [0.717, 1.165) is 19.3 Å². The molecule has 0 saturated heterocycles. The Balaban J connectivity index is 2.58. The Kier molecular flexibility index (Phi) is 4.60. The average Bonchev–Trinajstić information content (AvgIpc) is 2.18. The van der Waals surface area contributed by atoms with Gasteiger partial charge in [0.2, 0.25) is 10.0 Å². The maximum atomic E-state index is 11.1. The van der Waals surface area contributed by atoms with Crippen LogP contribution in [-0.4, -0.2) is 32.4 Å². The van der Waals surface area contributed by atoms with E-state index in [1.165, 1.54) is 6.26 Å². The molecule has 1 saturated carbocycles. The molecule has 0 radical (unpaired) electrons. The number of sulfonamides is 1. The van der Waals surface area contributed by atoms with Crippen molar-refractivity contribution in [2.24, 2.45) is 17.3 Å². The Morgan fingerprint density at radius 2 is 1.94 bits per heavy atom. The van der Waals surface area contributed by atoms with Gasteiger partial charge in [-0.1, -0.05) is 20.8 Å². The average molecular weight is 263 g/mol. The van der Waals surface area contributed by atoms with Crippen LogP contribution in [-0.2, 0) is 10.0 Å². The molecule has 1 fully saturated rings. The lowest BCUT2D eigenvalue weighted by atomic mass is 9.68. The van der Waals surface area contributed by atoms with E-state index in [-0.39, 0.29) is 11.5 Å². The summed E-state index contributed by atoms with van der Waals surface area (Å²) in [6, 6.07) is 0. The van der Waals surface area contributed by atoms with Gasteiger partial charge in [0.25, 0.3) is 0 Å². The van der Waals surface area contributed by atoms with E-state index in [9.17, 15) is 13.5 Å². The van der Waals surface area contributed by atoms with Crippen LogP contribution >= 0.6 is 0 Å². The van der Waals surface area contributed by atoms with E-state index < -0.39 is 10.0 Å². The summed E-state index contributed by atoms with van der Waals surface area (Å²) < 4.78 is 24.8. The Morgan fingerprint density at radius 1 is 1.35 bits per heavy atom. The summed E-state index contributed by atoms with van der Waals surface area (Å²) >= 11 is 0. The summed E-state index contributed by atoms with van der Waals surface area (Å²) in [5.41, 5.74) is -0.107. The number of rotatable bonds is 4. The van der Waals surface area contributed by atoms with Crippen molar-refractivity contribution in [1.82, 2.24) is 4.72 Å². The smallest absolute Gasteiger partial charge is 0.208 e. The minimum atomic E-state index is -3.13. The van der Waals surface area contributed by atoms with Gasteiger partial charge < -0.3 is 5.11 Å². The SMILES string of the molecule is CC1CCC(C(C)(C)CNS(C)(=O)=O)CC1O. The quantitative estimate of drug-likeness (QED) is 0.805. The molecule has 0 aromatic carbocycles. The van der Waals surface area contributed by atoms with Crippen LogP contribution < -0.4 is 4.72 Å². The zero-order valence-electron chi connectivity index (χ0n) is 11.2. The zero-order chi connectivity index (χ0) is 13.3. The summed E-state index contributed by atoms with van der Waals surface area (Å²) in [6.07, 6.45) is 3.80. The second kappa shape index (κ2) is 5.24. The highest BCUT2D eigenvalue weighted by atomic mass is 32.2. The second-order valence-electron chi connectivity index (χ2n) is 6.14. The highest BCUT2D eigenvalue weighted by molar-refractivity contribution is 7.88. The van der Waals surface area contributed by atoms with E-state index in [0.29, 0.717) is 18.4 Å². The lowest BCUT2D eigenvalue weighted by Crippen LogP contribution is -2.42. The van der Waals surface area contributed by atoms with Gasteiger partial charge in [0, 0.05) is 6.54 Å². The van der Waals surface area contributed by atoms with Gasteiger partial charge in [-0.3, -0.25) is 0 Å².